The Kier molecular flexibility index (Phi) is 5.45. The van der Waals surface area contributed by atoms with Gasteiger partial charge < -0.3 is 10.2 Å². The van der Waals surface area contributed by atoms with E-state index in [1.54, 1.807) is 25.1 Å². The van der Waals surface area contributed by atoms with Crippen LogP contribution in [-0.4, -0.2) is 37.0 Å². The Morgan fingerprint density at radius 3 is 2.45 bits per heavy atom. The summed E-state index contributed by atoms with van der Waals surface area (Å²) in [5, 5.41) is 3.40. The molecule has 122 valence electrons. The number of nitrogens with zero attached hydrogens (tertiary/aromatic N) is 1. The van der Waals surface area contributed by atoms with Crippen LogP contribution in [0.1, 0.15) is 41.6 Å². The molecule has 5 heteroatoms. The van der Waals surface area contributed by atoms with E-state index < -0.39 is 0 Å². The van der Waals surface area contributed by atoms with Crippen molar-refractivity contribution in [3.05, 3.63) is 35.1 Å². The van der Waals surface area contributed by atoms with Crippen LogP contribution in [0.2, 0.25) is 0 Å². The van der Waals surface area contributed by atoms with E-state index in [-0.39, 0.29) is 29.7 Å². The van der Waals surface area contributed by atoms with Crippen LogP contribution in [0.3, 0.4) is 0 Å². The zero-order valence-electron chi connectivity index (χ0n) is 13.0. The third-order valence-corrected chi connectivity index (χ3v) is 5.20. The van der Waals surface area contributed by atoms with Gasteiger partial charge >= 0.3 is 0 Å². The van der Waals surface area contributed by atoms with Gasteiger partial charge in [-0.1, -0.05) is 12.1 Å². The van der Waals surface area contributed by atoms with Gasteiger partial charge in [-0.25, -0.2) is 4.39 Å². The second-order valence-corrected chi connectivity index (χ2v) is 6.48. The standard InChI is InChI=1S/C17H23FN2O.ClH/c1-13-3-2-4-14(15(13)18)16(21)20-11-7-17(8-12-20)5-9-19-10-6-17;/h2-4,19H,5-12H2,1H3;1H. The summed E-state index contributed by atoms with van der Waals surface area (Å²) in [5.74, 6) is -0.523. The summed E-state index contributed by atoms with van der Waals surface area (Å²) in [4.78, 5) is 14.3. The molecule has 0 aromatic heterocycles. The molecule has 2 aliphatic rings. The monoisotopic (exact) mass is 326 g/mol. The number of carbonyl (C=O) groups is 1. The molecule has 0 saturated carbocycles. The molecule has 22 heavy (non-hydrogen) atoms. The van der Waals surface area contributed by atoms with E-state index in [9.17, 15) is 9.18 Å². The third kappa shape index (κ3) is 3.28. The number of likely N-dealkylation sites (tertiary alicyclic amines) is 1. The van der Waals surface area contributed by atoms with Gasteiger partial charge in [0.05, 0.1) is 5.56 Å². The molecule has 1 aromatic carbocycles. The van der Waals surface area contributed by atoms with Gasteiger partial charge in [-0.2, -0.15) is 0 Å². The van der Waals surface area contributed by atoms with Crippen molar-refractivity contribution in [1.82, 2.24) is 10.2 Å². The molecule has 3 rings (SSSR count). The normalized spacial score (nSPS) is 20.5. The number of hydrogen-bond donors (Lipinski definition) is 1. The van der Waals surface area contributed by atoms with E-state index in [2.05, 4.69) is 5.32 Å². The van der Waals surface area contributed by atoms with Gasteiger partial charge in [0.1, 0.15) is 5.82 Å². The van der Waals surface area contributed by atoms with Gasteiger partial charge in [0.15, 0.2) is 0 Å². The van der Waals surface area contributed by atoms with Crippen LogP contribution in [0.4, 0.5) is 4.39 Å². The van der Waals surface area contributed by atoms with Crippen LogP contribution in [0.25, 0.3) is 0 Å². The van der Waals surface area contributed by atoms with Crippen molar-refractivity contribution >= 4 is 18.3 Å². The van der Waals surface area contributed by atoms with E-state index >= 15 is 0 Å². The molecule has 1 spiro atoms. The molecule has 1 amide bonds. The van der Waals surface area contributed by atoms with Gasteiger partial charge in [0, 0.05) is 13.1 Å². The summed E-state index contributed by atoms with van der Waals surface area (Å²) in [6.45, 7) is 5.38. The second-order valence-electron chi connectivity index (χ2n) is 6.48. The fourth-order valence-corrected chi connectivity index (χ4v) is 3.62. The second kappa shape index (κ2) is 6.97. The summed E-state index contributed by atoms with van der Waals surface area (Å²) in [6, 6.07) is 5.05. The van der Waals surface area contributed by atoms with Crippen LogP contribution >= 0.6 is 12.4 Å². The first kappa shape index (κ1) is 17.2. The van der Waals surface area contributed by atoms with Crippen LogP contribution in [0, 0.1) is 18.2 Å². The first-order valence-electron chi connectivity index (χ1n) is 7.86. The molecule has 2 aliphatic heterocycles. The first-order valence-corrected chi connectivity index (χ1v) is 7.86. The van der Waals surface area contributed by atoms with Crippen molar-refractivity contribution in [2.45, 2.75) is 32.6 Å². The summed E-state index contributed by atoms with van der Waals surface area (Å²) in [6.07, 6.45) is 4.50. The predicted octanol–water partition coefficient (Wildman–Crippen LogP) is 3.16. The fourth-order valence-electron chi connectivity index (χ4n) is 3.62. The molecule has 1 aromatic rings. The van der Waals surface area contributed by atoms with Gasteiger partial charge in [-0.05, 0) is 62.7 Å². The van der Waals surface area contributed by atoms with E-state index in [1.165, 1.54) is 12.8 Å². The summed E-state index contributed by atoms with van der Waals surface area (Å²) in [7, 11) is 0. The summed E-state index contributed by atoms with van der Waals surface area (Å²) in [5.41, 5.74) is 1.16. The lowest BCUT2D eigenvalue weighted by Crippen LogP contribution is -2.47. The highest BCUT2D eigenvalue weighted by Crippen LogP contribution is 2.39. The minimum absolute atomic E-state index is 0. The maximum atomic E-state index is 14.1. The van der Waals surface area contributed by atoms with Crippen LogP contribution in [0.15, 0.2) is 18.2 Å². The molecule has 0 aliphatic carbocycles. The highest BCUT2D eigenvalue weighted by Gasteiger charge is 2.37. The van der Waals surface area contributed by atoms with E-state index in [0.717, 1.165) is 39.0 Å². The fraction of sp³-hybridized carbons (Fsp3) is 0.588. The maximum Gasteiger partial charge on any atom is 0.256 e. The Morgan fingerprint density at radius 2 is 1.82 bits per heavy atom. The zero-order valence-corrected chi connectivity index (χ0v) is 13.8. The number of benzene rings is 1. The van der Waals surface area contributed by atoms with Crippen LogP contribution in [0.5, 0.6) is 0 Å². The average molecular weight is 327 g/mol. The molecule has 0 bridgehead atoms. The highest BCUT2D eigenvalue weighted by atomic mass is 35.5. The first-order chi connectivity index (χ1) is 10.1. The number of aryl methyl sites for hydroxylation is 1. The van der Waals surface area contributed by atoms with Crippen molar-refractivity contribution in [3.8, 4) is 0 Å². The Labute approximate surface area is 137 Å². The quantitative estimate of drug-likeness (QED) is 0.859. The van der Waals surface area contributed by atoms with Crippen molar-refractivity contribution in [2.24, 2.45) is 5.41 Å². The van der Waals surface area contributed by atoms with Gasteiger partial charge in [-0.3, -0.25) is 4.79 Å². The molecule has 0 atom stereocenters. The Balaban J connectivity index is 0.00000176. The number of rotatable bonds is 1. The molecule has 0 unspecified atom stereocenters. The number of hydrogen-bond acceptors (Lipinski definition) is 2. The zero-order chi connectivity index (χ0) is 14.9. The smallest absolute Gasteiger partial charge is 0.256 e. The molecule has 2 fully saturated rings. The topological polar surface area (TPSA) is 32.3 Å². The molecular formula is C17H24ClFN2O. The number of halogens is 2. The van der Waals surface area contributed by atoms with Gasteiger partial charge in [0.2, 0.25) is 0 Å². The van der Waals surface area contributed by atoms with E-state index in [4.69, 9.17) is 0 Å². The Hall–Kier alpha value is -1.13. The van der Waals surface area contributed by atoms with E-state index in [1.807, 2.05) is 4.90 Å². The minimum Gasteiger partial charge on any atom is -0.339 e. The van der Waals surface area contributed by atoms with Crippen molar-refractivity contribution in [1.29, 1.82) is 0 Å². The molecular weight excluding hydrogens is 303 g/mol. The summed E-state index contributed by atoms with van der Waals surface area (Å²) < 4.78 is 14.1. The van der Waals surface area contributed by atoms with Crippen LogP contribution in [-0.2, 0) is 0 Å². The average Bonchev–Trinajstić information content (AvgIpc) is 2.51. The number of nitrogens with one attached hydrogen (secondary N) is 1. The lowest BCUT2D eigenvalue weighted by molar-refractivity contribution is 0.0492. The minimum atomic E-state index is -0.371. The molecule has 2 saturated heterocycles. The number of carbonyl (C=O) groups excluding carboxylic acids is 1. The third-order valence-electron chi connectivity index (χ3n) is 5.20. The van der Waals surface area contributed by atoms with Crippen molar-refractivity contribution in [2.75, 3.05) is 26.2 Å². The van der Waals surface area contributed by atoms with Crippen LogP contribution < -0.4 is 5.32 Å². The summed E-state index contributed by atoms with van der Waals surface area (Å²) >= 11 is 0. The molecule has 0 radical (unpaired) electrons. The lowest BCUT2D eigenvalue weighted by Gasteiger charge is -2.44. The van der Waals surface area contributed by atoms with Gasteiger partial charge in [0.25, 0.3) is 5.91 Å². The molecule has 3 nitrogen and oxygen atoms in total. The predicted molar refractivity (Wildman–Crippen MR) is 88.1 cm³/mol. The Bertz CT molecular complexity index is 533. The SMILES string of the molecule is Cc1cccc(C(=O)N2CCC3(CCNCC3)CC2)c1F.Cl. The highest BCUT2D eigenvalue weighted by molar-refractivity contribution is 5.94. The number of piperidine rings is 2. The van der Waals surface area contributed by atoms with Gasteiger partial charge in [-0.15, -0.1) is 12.4 Å². The molecule has 1 N–H and O–H groups in total. The van der Waals surface area contributed by atoms with Crippen molar-refractivity contribution < 1.29 is 9.18 Å². The largest absolute Gasteiger partial charge is 0.339 e. The van der Waals surface area contributed by atoms with Crippen molar-refractivity contribution in [3.63, 3.8) is 0 Å². The lowest BCUT2D eigenvalue weighted by atomic mass is 9.71. The van der Waals surface area contributed by atoms with E-state index in [0.29, 0.717) is 11.0 Å². The Morgan fingerprint density at radius 1 is 1.18 bits per heavy atom. The molecule has 2 heterocycles. The maximum absolute atomic E-state index is 14.1. The number of amides is 1.